The molecule has 13 heteroatoms. The summed E-state index contributed by atoms with van der Waals surface area (Å²) in [5, 5.41) is 19.5. The van der Waals surface area contributed by atoms with Crippen LogP contribution in [0.25, 0.3) is 5.82 Å². The number of anilines is 1. The number of nitrogens with one attached hydrogen (secondary N) is 1. The highest BCUT2D eigenvalue weighted by Crippen LogP contribution is 2.22. The zero-order valence-electron chi connectivity index (χ0n) is 18.8. The predicted molar refractivity (Wildman–Crippen MR) is 120 cm³/mol. The Hall–Kier alpha value is -4.13. The lowest BCUT2D eigenvalue weighted by Crippen LogP contribution is -2.38. The van der Waals surface area contributed by atoms with Crippen molar-refractivity contribution in [3.05, 3.63) is 46.8 Å². The van der Waals surface area contributed by atoms with Crippen LogP contribution in [0.1, 0.15) is 58.3 Å². The molecule has 4 rings (SSSR count). The summed E-state index contributed by atoms with van der Waals surface area (Å²) >= 11 is 0. The third-order valence-electron chi connectivity index (χ3n) is 5.68. The Bertz CT molecular complexity index is 1190. The minimum absolute atomic E-state index is 0.0400. The highest BCUT2D eigenvalue weighted by molar-refractivity contribution is 5.94. The first-order valence-electron chi connectivity index (χ1n) is 10.8. The van der Waals surface area contributed by atoms with E-state index in [9.17, 15) is 9.59 Å². The Kier molecular flexibility index (Phi) is 6.92. The van der Waals surface area contributed by atoms with Crippen LogP contribution in [-0.2, 0) is 11.3 Å². The number of amides is 1. The van der Waals surface area contributed by atoms with E-state index in [1.54, 1.807) is 24.3 Å². The summed E-state index contributed by atoms with van der Waals surface area (Å²) in [5.41, 5.74) is 10.0. The molecule has 3 N–H and O–H groups in total. The molecule has 0 spiro atoms. The number of nitrogens with two attached hydrogens (primary N) is 1. The quantitative estimate of drug-likeness (QED) is 0.292. The lowest BCUT2D eigenvalue weighted by atomic mass is 10.0. The smallest absolute Gasteiger partial charge is 0.337 e. The number of hydrogen-bond acceptors (Lipinski definition) is 11. The van der Waals surface area contributed by atoms with Crippen molar-refractivity contribution in [3.8, 4) is 5.82 Å². The molecular weight excluding hydrogens is 442 g/mol. The van der Waals surface area contributed by atoms with E-state index < -0.39 is 11.9 Å². The van der Waals surface area contributed by atoms with Gasteiger partial charge in [0.1, 0.15) is 0 Å². The number of rotatable bonds is 7. The number of likely N-dealkylation sites (tertiary alicyclic amines) is 1. The first-order valence-corrected chi connectivity index (χ1v) is 10.8. The van der Waals surface area contributed by atoms with Crippen LogP contribution in [0.2, 0.25) is 0 Å². The molecule has 178 valence electrons. The van der Waals surface area contributed by atoms with Crippen LogP contribution in [0, 0.1) is 0 Å². The van der Waals surface area contributed by atoms with Crippen LogP contribution in [0.3, 0.4) is 0 Å². The summed E-state index contributed by atoms with van der Waals surface area (Å²) < 4.78 is 10.7. The number of methoxy groups -OCH3 is 1. The Labute approximate surface area is 194 Å². The van der Waals surface area contributed by atoms with E-state index in [0.29, 0.717) is 29.4 Å². The molecule has 3 aromatic rings. The molecule has 2 aromatic heterocycles. The van der Waals surface area contributed by atoms with E-state index in [-0.39, 0.29) is 17.3 Å². The van der Waals surface area contributed by atoms with Gasteiger partial charge in [-0.25, -0.2) is 14.8 Å². The number of carbonyl (C=O) groups excluding carboxylic acids is 2. The maximum Gasteiger partial charge on any atom is 0.337 e. The number of piperidine rings is 1. The normalized spacial score (nSPS) is 16.6. The second-order valence-corrected chi connectivity index (χ2v) is 7.90. The molecule has 3 heterocycles. The number of hydrogen-bond donors (Lipinski definition) is 2. The van der Waals surface area contributed by atoms with Crippen LogP contribution in [0.5, 0.6) is 0 Å². The Balaban J connectivity index is 1.53. The van der Waals surface area contributed by atoms with E-state index >= 15 is 0 Å². The van der Waals surface area contributed by atoms with Crippen molar-refractivity contribution in [2.75, 3.05) is 19.4 Å². The molecule has 1 aliphatic heterocycles. The van der Waals surface area contributed by atoms with Crippen LogP contribution < -0.4 is 11.2 Å². The molecule has 1 amide bonds. The highest BCUT2D eigenvalue weighted by atomic mass is 16.6. The summed E-state index contributed by atoms with van der Waals surface area (Å²) in [6.45, 7) is 3.45. The largest absolute Gasteiger partial charge is 0.465 e. The van der Waals surface area contributed by atoms with E-state index in [1.807, 2.05) is 0 Å². The van der Waals surface area contributed by atoms with Gasteiger partial charge >= 0.3 is 5.97 Å². The zero-order chi connectivity index (χ0) is 24.1. The van der Waals surface area contributed by atoms with Crippen LogP contribution in [0.4, 0.5) is 5.82 Å². The number of esters is 1. The van der Waals surface area contributed by atoms with Gasteiger partial charge in [0.05, 0.1) is 24.6 Å². The molecule has 0 radical (unpaired) electrons. The average molecular weight is 467 g/mol. The van der Waals surface area contributed by atoms with Crippen molar-refractivity contribution >= 4 is 23.9 Å². The fourth-order valence-electron chi connectivity index (χ4n) is 3.75. The van der Waals surface area contributed by atoms with E-state index in [2.05, 4.69) is 47.7 Å². The highest BCUT2D eigenvalue weighted by Gasteiger charge is 2.28. The van der Waals surface area contributed by atoms with Crippen molar-refractivity contribution in [2.24, 2.45) is 5.10 Å². The number of ether oxygens (including phenoxy) is 1. The van der Waals surface area contributed by atoms with Gasteiger partial charge in [0.15, 0.2) is 5.69 Å². The van der Waals surface area contributed by atoms with E-state index in [1.165, 1.54) is 18.0 Å². The third-order valence-corrected chi connectivity index (χ3v) is 5.68. The Morgan fingerprint density at radius 1 is 1.29 bits per heavy atom. The molecule has 1 saturated heterocycles. The molecular formula is C21H25N9O4. The first-order chi connectivity index (χ1) is 16.5. The van der Waals surface area contributed by atoms with Crippen LogP contribution in [-0.4, -0.2) is 68.0 Å². The second-order valence-electron chi connectivity index (χ2n) is 7.90. The number of nitrogen functional groups attached to an aromatic ring is 1. The van der Waals surface area contributed by atoms with Gasteiger partial charge in [0.25, 0.3) is 5.91 Å². The van der Waals surface area contributed by atoms with Crippen LogP contribution >= 0.6 is 0 Å². The molecule has 34 heavy (non-hydrogen) atoms. The molecule has 0 bridgehead atoms. The maximum atomic E-state index is 12.9. The summed E-state index contributed by atoms with van der Waals surface area (Å²) in [7, 11) is 1.32. The third kappa shape index (κ3) is 4.93. The molecule has 1 aliphatic rings. The molecule has 13 nitrogen and oxygen atoms in total. The minimum Gasteiger partial charge on any atom is -0.465 e. The maximum absolute atomic E-state index is 12.9. The molecule has 0 aliphatic carbocycles. The van der Waals surface area contributed by atoms with E-state index in [0.717, 1.165) is 25.8 Å². The molecule has 1 atom stereocenters. The number of carbonyl (C=O) groups is 2. The van der Waals surface area contributed by atoms with Crippen LogP contribution in [0.15, 0.2) is 34.0 Å². The number of benzene rings is 1. The van der Waals surface area contributed by atoms with Crippen molar-refractivity contribution in [3.63, 3.8) is 0 Å². The summed E-state index contributed by atoms with van der Waals surface area (Å²) in [5.74, 6) is -0.764. The predicted octanol–water partition coefficient (Wildman–Crippen LogP) is 1.16. The van der Waals surface area contributed by atoms with Gasteiger partial charge in [-0.05, 0) is 54.3 Å². The van der Waals surface area contributed by atoms with Crippen molar-refractivity contribution in [2.45, 2.75) is 38.8 Å². The number of nitrogens with zero attached hydrogens (tertiary/aromatic N) is 7. The van der Waals surface area contributed by atoms with Gasteiger partial charge in [-0.1, -0.05) is 23.8 Å². The van der Waals surface area contributed by atoms with Crippen molar-refractivity contribution in [1.82, 2.24) is 35.6 Å². The van der Waals surface area contributed by atoms with Crippen molar-refractivity contribution in [1.29, 1.82) is 0 Å². The van der Waals surface area contributed by atoms with Gasteiger partial charge in [-0.3, -0.25) is 9.69 Å². The lowest BCUT2D eigenvalue weighted by Gasteiger charge is -2.33. The summed E-state index contributed by atoms with van der Waals surface area (Å²) in [4.78, 5) is 26.7. The average Bonchev–Trinajstić information content (AvgIpc) is 3.46. The molecule has 0 saturated carbocycles. The summed E-state index contributed by atoms with van der Waals surface area (Å²) in [6, 6.07) is 6.92. The van der Waals surface area contributed by atoms with Gasteiger partial charge in [0, 0.05) is 12.6 Å². The Morgan fingerprint density at radius 2 is 2.09 bits per heavy atom. The SMILES string of the molecule is COC(=O)c1ccc(/C=N/NC(=O)c2nnn(-c3nonc3N)c2CN2CCCC[C@H]2C)cc1. The van der Waals surface area contributed by atoms with Gasteiger partial charge in [0.2, 0.25) is 11.6 Å². The molecule has 1 fully saturated rings. The Morgan fingerprint density at radius 3 is 2.76 bits per heavy atom. The van der Waals surface area contributed by atoms with Gasteiger partial charge in [-0.15, -0.1) is 5.10 Å². The first kappa shape index (κ1) is 23.0. The molecule has 1 aromatic carbocycles. The molecule has 0 unspecified atom stereocenters. The fraction of sp³-hybridized carbons (Fsp3) is 0.381. The van der Waals surface area contributed by atoms with E-state index in [4.69, 9.17) is 10.4 Å². The van der Waals surface area contributed by atoms with Crippen molar-refractivity contribution < 1.29 is 19.0 Å². The standard InChI is InChI=1S/C21H25N9O4/c1-13-5-3-4-10-29(13)12-16-17(24-28-30(16)19-18(22)26-34-27-19)20(31)25-23-11-14-6-8-15(9-7-14)21(32)33-2/h6-9,11,13H,3-5,10,12H2,1-2H3,(H2,22,26)(H,25,31)/b23-11+/t13-/m1/s1. The lowest BCUT2D eigenvalue weighted by molar-refractivity contribution is 0.0600. The number of hydrazone groups is 1. The monoisotopic (exact) mass is 467 g/mol. The second kappa shape index (κ2) is 10.2. The minimum atomic E-state index is -0.539. The topological polar surface area (TPSA) is 167 Å². The number of aromatic nitrogens is 5. The van der Waals surface area contributed by atoms with Gasteiger partial charge < -0.3 is 10.5 Å². The zero-order valence-corrected chi connectivity index (χ0v) is 18.8. The van der Waals surface area contributed by atoms with Gasteiger partial charge in [-0.2, -0.15) is 9.78 Å². The summed E-state index contributed by atoms with van der Waals surface area (Å²) in [6.07, 6.45) is 4.75. The fourth-order valence-corrected chi connectivity index (χ4v) is 3.75.